The third-order valence-corrected chi connectivity index (χ3v) is 3.09. The molecular weight excluding hydrogens is 267 g/mol. The molecule has 5 heteroatoms. The van der Waals surface area contributed by atoms with E-state index in [-0.39, 0.29) is 5.82 Å². The summed E-state index contributed by atoms with van der Waals surface area (Å²) < 4.78 is 13.5. The molecule has 0 aliphatic rings. The summed E-state index contributed by atoms with van der Waals surface area (Å²) in [5.74, 6) is 1.31. The van der Waals surface area contributed by atoms with Crippen LogP contribution in [-0.4, -0.2) is 16.5 Å². The standard InChI is InChI=1S/C16H21FN4/c1-4-6-14-15(18-5-2)19-10-20-16(14)21-13-8-11(3)7-12(17)9-13/h7-10H,4-6H2,1-3H3,(H2,18,19,20,21). The Bertz CT molecular complexity index is 593. The van der Waals surface area contributed by atoms with Gasteiger partial charge in [0, 0.05) is 17.8 Å². The van der Waals surface area contributed by atoms with Gasteiger partial charge in [-0.3, -0.25) is 0 Å². The van der Waals surface area contributed by atoms with Gasteiger partial charge in [-0.25, -0.2) is 14.4 Å². The van der Waals surface area contributed by atoms with Crippen LogP contribution in [0.15, 0.2) is 24.5 Å². The second-order valence-corrected chi connectivity index (χ2v) is 4.97. The van der Waals surface area contributed by atoms with Gasteiger partial charge in [0.2, 0.25) is 0 Å². The van der Waals surface area contributed by atoms with Crippen molar-refractivity contribution in [1.29, 1.82) is 0 Å². The molecule has 0 saturated carbocycles. The Hall–Kier alpha value is -2.17. The number of hydrogen-bond acceptors (Lipinski definition) is 4. The average molecular weight is 288 g/mol. The number of aryl methyl sites for hydroxylation is 1. The molecule has 1 aromatic heterocycles. The molecule has 21 heavy (non-hydrogen) atoms. The van der Waals surface area contributed by atoms with Crippen molar-refractivity contribution in [3.63, 3.8) is 0 Å². The molecule has 0 amide bonds. The van der Waals surface area contributed by atoms with Crippen molar-refractivity contribution in [2.45, 2.75) is 33.6 Å². The van der Waals surface area contributed by atoms with E-state index >= 15 is 0 Å². The van der Waals surface area contributed by atoms with E-state index in [2.05, 4.69) is 27.5 Å². The van der Waals surface area contributed by atoms with Crippen molar-refractivity contribution in [1.82, 2.24) is 9.97 Å². The average Bonchev–Trinajstić information content (AvgIpc) is 2.41. The first-order valence-electron chi connectivity index (χ1n) is 7.26. The second kappa shape index (κ2) is 7.02. The fourth-order valence-corrected chi connectivity index (χ4v) is 2.27. The largest absolute Gasteiger partial charge is 0.370 e. The lowest BCUT2D eigenvalue weighted by molar-refractivity contribution is 0.627. The number of anilines is 3. The van der Waals surface area contributed by atoms with Crippen LogP contribution in [0, 0.1) is 12.7 Å². The van der Waals surface area contributed by atoms with Crippen LogP contribution < -0.4 is 10.6 Å². The molecule has 4 nitrogen and oxygen atoms in total. The van der Waals surface area contributed by atoms with E-state index < -0.39 is 0 Å². The molecule has 0 aliphatic carbocycles. The Labute approximate surface area is 124 Å². The van der Waals surface area contributed by atoms with Gasteiger partial charge in [-0.1, -0.05) is 13.3 Å². The van der Waals surface area contributed by atoms with Crippen molar-refractivity contribution < 1.29 is 4.39 Å². The Morgan fingerprint density at radius 2 is 1.86 bits per heavy atom. The zero-order valence-electron chi connectivity index (χ0n) is 12.7. The molecule has 0 radical (unpaired) electrons. The smallest absolute Gasteiger partial charge is 0.139 e. The maximum absolute atomic E-state index is 13.5. The minimum absolute atomic E-state index is 0.254. The summed E-state index contributed by atoms with van der Waals surface area (Å²) >= 11 is 0. The van der Waals surface area contributed by atoms with Gasteiger partial charge in [-0.2, -0.15) is 0 Å². The summed E-state index contributed by atoms with van der Waals surface area (Å²) in [4.78, 5) is 8.60. The van der Waals surface area contributed by atoms with Gasteiger partial charge in [0.25, 0.3) is 0 Å². The fraction of sp³-hybridized carbons (Fsp3) is 0.375. The molecule has 2 N–H and O–H groups in total. The molecular formula is C16H21FN4. The van der Waals surface area contributed by atoms with Gasteiger partial charge in [0.05, 0.1) is 0 Å². The van der Waals surface area contributed by atoms with E-state index in [0.717, 1.165) is 42.1 Å². The molecule has 2 rings (SSSR count). The SMILES string of the molecule is CCCc1c(NCC)ncnc1Nc1cc(C)cc(F)c1. The highest BCUT2D eigenvalue weighted by Crippen LogP contribution is 2.25. The molecule has 0 spiro atoms. The highest BCUT2D eigenvalue weighted by molar-refractivity contribution is 5.65. The molecule has 1 heterocycles. The molecule has 0 fully saturated rings. The van der Waals surface area contributed by atoms with Gasteiger partial charge in [-0.15, -0.1) is 0 Å². The molecule has 0 bridgehead atoms. The molecule has 0 saturated heterocycles. The van der Waals surface area contributed by atoms with Crippen molar-refractivity contribution in [3.05, 3.63) is 41.5 Å². The van der Waals surface area contributed by atoms with Crippen LogP contribution in [0.25, 0.3) is 0 Å². The van der Waals surface area contributed by atoms with Gasteiger partial charge in [-0.05, 0) is 44.0 Å². The molecule has 0 atom stereocenters. The van der Waals surface area contributed by atoms with Crippen molar-refractivity contribution in [2.75, 3.05) is 17.2 Å². The van der Waals surface area contributed by atoms with E-state index in [0.29, 0.717) is 5.69 Å². The lowest BCUT2D eigenvalue weighted by atomic mass is 10.1. The van der Waals surface area contributed by atoms with Crippen LogP contribution in [0.4, 0.5) is 21.7 Å². The minimum Gasteiger partial charge on any atom is -0.370 e. The van der Waals surface area contributed by atoms with E-state index in [9.17, 15) is 4.39 Å². The normalized spacial score (nSPS) is 10.5. The first-order chi connectivity index (χ1) is 10.1. The highest BCUT2D eigenvalue weighted by atomic mass is 19.1. The lowest BCUT2D eigenvalue weighted by Crippen LogP contribution is -2.08. The molecule has 1 aromatic carbocycles. The Kier molecular flexibility index (Phi) is 5.09. The van der Waals surface area contributed by atoms with Gasteiger partial charge in [0.1, 0.15) is 23.8 Å². The Balaban J connectivity index is 2.35. The zero-order valence-corrected chi connectivity index (χ0v) is 12.7. The highest BCUT2D eigenvalue weighted by Gasteiger charge is 2.11. The first-order valence-corrected chi connectivity index (χ1v) is 7.26. The summed E-state index contributed by atoms with van der Waals surface area (Å²) in [5.41, 5.74) is 2.60. The monoisotopic (exact) mass is 288 g/mol. The van der Waals surface area contributed by atoms with Crippen LogP contribution in [0.3, 0.4) is 0 Å². The van der Waals surface area contributed by atoms with E-state index in [1.165, 1.54) is 18.5 Å². The number of nitrogens with one attached hydrogen (secondary N) is 2. The van der Waals surface area contributed by atoms with Gasteiger partial charge in [0.15, 0.2) is 0 Å². The zero-order chi connectivity index (χ0) is 15.2. The molecule has 112 valence electrons. The van der Waals surface area contributed by atoms with Crippen LogP contribution in [0.5, 0.6) is 0 Å². The summed E-state index contributed by atoms with van der Waals surface area (Å²) in [5, 5.41) is 6.45. The van der Waals surface area contributed by atoms with Crippen molar-refractivity contribution in [2.24, 2.45) is 0 Å². The summed E-state index contributed by atoms with van der Waals surface area (Å²) in [6.07, 6.45) is 3.37. The third-order valence-electron chi connectivity index (χ3n) is 3.09. The van der Waals surface area contributed by atoms with E-state index in [4.69, 9.17) is 0 Å². The van der Waals surface area contributed by atoms with Gasteiger partial charge < -0.3 is 10.6 Å². The minimum atomic E-state index is -0.254. The second-order valence-electron chi connectivity index (χ2n) is 4.97. The van der Waals surface area contributed by atoms with Gasteiger partial charge >= 0.3 is 0 Å². The molecule has 0 unspecified atom stereocenters. The number of aromatic nitrogens is 2. The van der Waals surface area contributed by atoms with E-state index in [1.807, 2.05) is 19.9 Å². The number of rotatable bonds is 6. The predicted molar refractivity (Wildman–Crippen MR) is 84.6 cm³/mol. The number of hydrogen-bond donors (Lipinski definition) is 2. The third kappa shape index (κ3) is 3.90. The topological polar surface area (TPSA) is 49.8 Å². The maximum atomic E-state index is 13.5. The summed E-state index contributed by atoms with van der Waals surface area (Å²) in [6.45, 7) is 6.80. The Morgan fingerprint density at radius 3 is 2.52 bits per heavy atom. The van der Waals surface area contributed by atoms with E-state index in [1.54, 1.807) is 0 Å². The quantitative estimate of drug-likeness (QED) is 0.842. The van der Waals surface area contributed by atoms with Crippen LogP contribution >= 0.6 is 0 Å². The maximum Gasteiger partial charge on any atom is 0.139 e. The number of halogens is 1. The molecule has 2 aromatic rings. The number of benzene rings is 1. The summed E-state index contributed by atoms with van der Waals surface area (Å²) in [7, 11) is 0. The predicted octanol–water partition coefficient (Wildman–Crippen LogP) is 4.05. The summed E-state index contributed by atoms with van der Waals surface area (Å²) in [6, 6.07) is 4.87. The van der Waals surface area contributed by atoms with Crippen LogP contribution in [0.2, 0.25) is 0 Å². The first kappa shape index (κ1) is 15.2. The van der Waals surface area contributed by atoms with Crippen LogP contribution in [-0.2, 0) is 6.42 Å². The van der Waals surface area contributed by atoms with Crippen molar-refractivity contribution >= 4 is 17.3 Å². The fourth-order valence-electron chi connectivity index (χ4n) is 2.27. The van der Waals surface area contributed by atoms with Crippen LogP contribution in [0.1, 0.15) is 31.4 Å². The lowest BCUT2D eigenvalue weighted by Gasteiger charge is -2.15. The number of nitrogens with zero attached hydrogens (tertiary/aromatic N) is 2. The Morgan fingerprint density at radius 1 is 1.10 bits per heavy atom. The molecule has 0 aliphatic heterocycles. The van der Waals surface area contributed by atoms with Crippen molar-refractivity contribution in [3.8, 4) is 0 Å².